The fraction of sp³-hybridized carbons (Fsp3) is 0.286. The standard InChI is InChI=1S/C21H21FN2O4S/c1-3-4-11-28-15-8-5-7-14(12-15)20(26)23-21-24(13-18(25)27-2)19-16(22)9-6-10-17(19)29-21/h5-10,12H,3-4,11,13H2,1-2H3. The number of hydrogen-bond acceptors (Lipinski definition) is 5. The van der Waals surface area contributed by atoms with Gasteiger partial charge >= 0.3 is 5.97 Å². The van der Waals surface area contributed by atoms with Crippen LogP contribution in [0.4, 0.5) is 4.39 Å². The third-order valence-electron chi connectivity index (χ3n) is 4.21. The second kappa shape index (κ2) is 9.47. The van der Waals surface area contributed by atoms with E-state index in [0.29, 0.717) is 22.6 Å². The molecule has 0 radical (unpaired) electrons. The molecule has 0 saturated heterocycles. The van der Waals surface area contributed by atoms with Crippen molar-refractivity contribution in [2.24, 2.45) is 4.99 Å². The number of carbonyl (C=O) groups excluding carboxylic acids is 2. The summed E-state index contributed by atoms with van der Waals surface area (Å²) in [5, 5.41) is 0. The number of amides is 1. The summed E-state index contributed by atoms with van der Waals surface area (Å²) in [6, 6.07) is 11.3. The van der Waals surface area contributed by atoms with Crippen LogP contribution in [0.15, 0.2) is 47.5 Å². The zero-order valence-electron chi connectivity index (χ0n) is 16.2. The van der Waals surface area contributed by atoms with Crippen LogP contribution in [0.3, 0.4) is 0 Å². The van der Waals surface area contributed by atoms with Crippen molar-refractivity contribution in [2.45, 2.75) is 26.3 Å². The Bertz CT molecular complexity index is 1100. The fourth-order valence-electron chi connectivity index (χ4n) is 2.72. The number of nitrogens with zero attached hydrogens (tertiary/aromatic N) is 2. The Hall–Kier alpha value is -3.00. The molecule has 8 heteroatoms. The Kier molecular flexibility index (Phi) is 6.77. The lowest BCUT2D eigenvalue weighted by molar-refractivity contribution is -0.141. The van der Waals surface area contributed by atoms with E-state index in [1.54, 1.807) is 36.4 Å². The number of hydrogen-bond donors (Lipinski definition) is 0. The van der Waals surface area contributed by atoms with Gasteiger partial charge in [0.15, 0.2) is 4.80 Å². The number of thiazole rings is 1. The first-order chi connectivity index (χ1) is 14.0. The number of ether oxygens (including phenoxy) is 2. The molecule has 0 N–H and O–H groups in total. The quantitative estimate of drug-likeness (QED) is 0.432. The predicted octanol–water partition coefficient (Wildman–Crippen LogP) is 3.93. The van der Waals surface area contributed by atoms with Crippen LogP contribution in [0.5, 0.6) is 5.75 Å². The lowest BCUT2D eigenvalue weighted by Crippen LogP contribution is -2.22. The molecule has 2 aromatic carbocycles. The fourth-order valence-corrected chi connectivity index (χ4v) is 3.76. The molecule has 0 saturated carbocycles. The van der Waals surface area contributed by atoms with Crippen molar-refractivity contribution < 1.29 is 23.5 Å². The van der Waals surface area contributed by atoms with Gasteiger partial charge in [-0.1, -0.05) is 36.8 Å². The number of fused-ring (bicyclic) bond motifs is 1. The summed E-state index contributed by atoms with van der Waals surface area (Å²) in [6.45, 7) is 2.39. The highest BCUT2D eigenvalue weighted by Crippen LogP contribution is 2.21. The summed E-state index contributed by atoms with van der Waals surface area (Å²) in [5.74, 6) is -0.975. The van der Waals surface area contributed by atoms with Gasteiger partial charge in [-0.2, -0.15) is 4.99 Å². The molecule has 0 unspecified atom stereocenters. The first-order valence-electron chi connectivity index (χ1n) is 9.20. The maximum Gasteiger partial charge on any atom is 0.325 e. The predicted molar refractivity (Wildman–Crippen MR) is 109 cm³/mol. The van der Waals surface area contributed by atoms with Crippen LogP contribution < -0.4 is 9.54 Å². The average molecular weight is 416 g/mol. The van der Waals surface area contributed by atoms with Gasteiger partial charge in [-0.3, -0.25) is 9.59 Å². The Labute approximate surface area is 171 Å². The smallest absolute Gasteiger partial charge is 0.325 e. The highest BCUT2D eigenvalue weighted by Gasteiger charge is 2.15. The number of aromatic nitrogens is 1. The van der Waals surface area contributed by atoms with Crippen LogP contribution in [0.2, 0.25) is 0 Å². The van der Waals surface area contributed by atoms with Crippen molar-refractivity contribution >= 4 is 33.4 Å². The third kappa shape index (κ3) is 4.89. The first kappa shape index (κ1) is 20.7. The van der Waals surface area contributed by atoms with Crippen LogP contribution in [0, 0.1) is 5.82 Å². The Morgan fingerprint density at radius 1 is 1.21 bits per heavy atom. The normalized spacial score (nSPS) is 11.6. The minimum Gasteiger partial charge on any atom is -0.494 e. The molecular weight excluding hydrogens is 395 g/mol. The molecule has 3 rings (SSSR count). The number of benzene rings is 2. The van der Waals surface area contributed by atoms with Crippen molar-refractivity contribution in [1.82, 2.24) is 4.57 Å². The van der Waals surface area contributed by atoms with E-state index in [2.05, 4.69) is 11.9 Å². The molecule has 0 bridgehead atoms. The molecule has 0 spiro atoms. The molecule has 3 aromatic rings. The number of halogens is 1. The van der Waals surface area contributed by atoms with Gasteiger partial charge in [-0.15, -0.1) is 0 Å². The lowest BCUT2D eigenvalue weighted by Gasteiger charge is -2.06. The molecule has 0 aliphatic rings. The summed E-state index contributed by atoms with van der Waals surface area (Å²) >= 11 is 1.13. The van der Waals surface area contributed by atoms with E-state index in [9.17, 15) is 14.0 Å². The zero-order valence-corrected chi connectivity index (χ0v) is 17.0. The molecule has 0 atom stereocenters. The van der Waals surface area contributed by atoms with Crippen LogP contribution in [-0.2, 0) is 16.1 Å². The number of unbranched alkanes of at least 4 members (excludes halogenated alkanes) is 1. The molecule has 0 fully saturated rings. The largest absolute Gasteiger partial charge is 0.494 e. The number of esters is 1. The van der Waals surface area contributed by atoms with Gasteiger partial charge in [0, 0.05) is 5.56 Å². The number of rotatable bonds is 7. The molecular formula is C21H21FN2O4S. The van der Waals surface area contributed by atoms with Crippen molar-refractivity contribution in [3.8, 4) is 5.75 Å². The minimum absolute atomic E-state index is 0.214. The van der Waals surface area contributed by atoms with E-state index in [1.807, 2.05) is 0 Å². The zero-order chi connectivity index (χ0) is 20.8. The highest BCUT2D eigenvalue weighted by atomic mass is 32.1. The van der Waals surface area contributed by atoms with Crippen LogP contribution in [0.25, 0.3) is 10.2 Å². The Morgan fingerprint density at radius 3 is 2.76 bits per heavy atom. The van der Waals surface area contributed by atoms with Gasteiger partial charge in [0.05, 0.1) is 23.9 Å². The van der Waals surface area contributed by atoms with Gasteiger partial charge in [0.2, 0.25) is 0 Å². The molecule has 1 aromatic heterocycles. The molecule has 1 heterocycles. The highest BCUT2D eigenvalue weighted by molar-refractivity contribution is 7.16. The minimum atomic E-state index is -0.562. The molecule has 0 aliphatic carbocycles. The molecule has 0 aliphatic heterocycles. The van der Waals surface area contributed by atoms with E-state index in [0.717, 1.165) is 24.2 Å². The summed E-state index contributed by atoms with van der Waals surface area (Å²) < 4.78 is 26.6. The number of para-hydroxylation sites is 1. The van der Waals surface area contributed by atoms with Crippen molar-refractivity contribution in [1.29, 1.82) is 0 Å². The van der Waals surface area contributed by atoms with Crippen molar-refractivity contribution in [2.75, 3.05) is 13.7 Å². The lowest BCUT2D eigenvalue weighted by atomic mass is 10.2. The van der Waals surface area contributed by atoms with E-state index in [-0.39, 0.29) is 16.9 Å². The van der Waals surface area contributed by atoms with E-state index in [1.165, 1.54) is 17.7 Å². The van der Waals surface area contributed by atoms with Crippen molar-refractivity contribution in [3.05, 3.63) is 58.6 Å². The number of methoxy groups -OCH3 is 1. The second-order valence-electron chi connectivity index (χ2n) is 6.28. The van der Waals surface area contributed by atoms with Gasteiger partial charge in [0.25, 0.3) is 5.91 Å². The van der Waals surface area contributed by atoms with Gasteiger partial charge in [0.1, 0.15) is 18.1 Å². The van der Waals surface area contributed by atoms with Crippen LogP contribution in [0.1, 0.15) is 30.1 Å². The first-order valence-corrected chi connectivity index (χ1v) is 10.0. The summed E-state index contributed by atoms with van der Waals surface area (Å²) in [7, 11) is 1.25. The molecule has 152 valence electrons. The van der Waals surface area contributed by atoms with Gasteiger partial charge in [-0.25, -0.2) is 4.39 Å². The van der Waals surface area contributed by atoms with Gasteiger partial charge in [-0.05, 0) is 36.8 Å². The maximum atomic E-state index is 14.4. The molecule has 1 amide bonds. The summed E-state index contributed by atoms with van der Waals surface area (Å²) in [5.41, 5.74) is 0.563. The topological polar surface area (TPSA) is 69.9 Å². The van der Waals surface area contributed by atoms with E-state index in [4.69, 9.17) is 9.47 Å². The second-order valence-corrected chi connectivity index (χ2v) is 7.29. The third-order valence-corrected chi connectivity index (χ3v) is 5.26. The number of carbonyl (C=O) groups is 2. The Morgan fingerprint density at radius 2 is 2.00 bits per heavy atom. The van der Waals surface area contributed by atoms with Crippen molar-refractivity contribution in [3.63, 3.8) is 0 Å². The van der Waals surface area contributed by atoms with Crippen LogP contribution in [-0.4, -0.2) is 30.2 Å². The molecule has 29 heavy (non-hydrogen) atoms. The average Bonchev–Trinajstić information content (AvgIpc) is 3.06. The summed E-state index contributed by atoms with van der Waals surface area (Å²) in [6.07, 6.45) is 1.93. The summed E-state index contributed by atoms with van der Waals surface area (Å²) in [4.78, 5) is 28.9. The van der Waals surface area contributed by atoms with Gasteiger partial charge < -0.3 is 14.0 Å². The van der Waals surface area contributed by atoms with Crippen LogP contribution >= 0.6 is 11.3 Å². The monoisotopic (exact) mass is 416 g/mol. The maximum absolute atomic E-state index is 14.4. The Balaban J connectivity index is 2.00. The van der Waals surface area contributed by atoms with E-state index < -0.39 is 17.7 Å². The van der Waals surface area contributed by atoms with E-state index >= 15 is 0 Å². The SMILES string of the molecule is CCCCOc1cccc(C(=O)N=c2sc3cccc(F)c3n2CC(=O)OC)c1. The molecule has 6 nitrogen and oxygen atoms in total.